The first-order valence-electron chi connectivity index (χ1n) is 20.4. The van der Waals surface area contributed by atoms with Crippen molar-refractivity contribution < 1.29 is 35.1 Å². The molecule has 0 aliphatic carbocycles. The molecule has 0 rings (SSSR count). The Morgan fingerprint density at radius 2 is 0.542 bits per heavy atom. The topological polar surface area (TPSA) is 139 Å². The molecule has 0 aromatic carbocycles. The van der Waals surface area contributed by atoms with Crippen LogP contribution in [0.3, 0.4) is 0 Å². The summed E-state index contributed by atoms with van der Waals surface area (Å²) in [5.74, 6) is -1.31. The normalized spacial score (nSPS) is 10.8. The third-order valence-corrected chi connectivity index (χ3v) is 8.74. The van der Waals surface area contributed by atoms with Crippen LogP contribution in [0.25, 0.3) is 0 Å². The number of aliphatic hydroxyl groups is 3. The van der Waals surface area contributed by atoms with E-state index in [1.807, 2.05) is 0 Å². The number of rotatable bonds is 36. The molecule has 0 bridgehead atoms. The van der Waals surface area contributed by atoms with Crippen LogP contribution in [-0.2, 0) is 9.59 Å². The third kappa shape index (κ3) is 54.2. The molecule has 290 valence electrons. The van der Waals surface area contributed by atoms with Crippen LogP contribution < -0.4 is 0 Å². The van der Waals surface area contributed by atoms with E-state index in [9.17, 15) is 9.59 Å². The Kier molecular flexibility index (Phi) is 51.0. The Hall–Kier alpha value is -1.22. The predicted octanol–water partition coefficient (Wildman–Crippen LogP) is 10.2. The lowest BCUT2D eigenvalue weighted by molar-refractivity contribution is -0.138. The minimum Gasteiger partial charge on any atom is -0.481 e. The van der Waals surface area contributed by atoms with Crippen LogP contribution in [0.15, 0.2) is 0 Å². The van der Waals surface area contributed by atoms with Crippen LogP contribution in [0, 0.1) is 0 Å². The van der Waals surface area contributed by atoms with Gasteiger partial charge in [0.25, 0.3) is 0 Å². The quantitative estimate of drug-likeness (QED) is 0.0410. The van der Waals surface area contributed by atoms with Crippen LogP contribution in [0.2, 0.25) is 0 Å². The van der Waals surface area contributed by atoms with Crippen molar-refractivity contribution in [3.8, 4) is 0 Å². The highest BCUT2D eigenvalue weighted by Crippen LogP contribution is 2.14. The van der Waals surface area contributed by atoms with Crippen LogP contribution in [0.5, 0.6) is 0 Å². The number of carboxylic acid groups (broad SMARTS) is 2. The third-order valence-electron chi connectivity index (χ3n) is 8.74. The van der Waals surface area contributed by atoms with Crippen LogP contribution >= 0.6 is 0 Å². The maximum Gasteiger partial charge on any atom is 0.303 e. The van der Waals surface area contributed by atoms with Crippen LogP contribution in [0.4, 0.5) is 0 Å². The zero-order chi connectivity index (χ0) is 36.2. The largest absolute Gasteiger partial charge is 0.481 e. The Morgan fingerprint density at radius 3 is 0.708 bits per heavy atom. The molecule has 0 atom stereocenters. The lowest BCUT2D eigenvalue weighted by Gasteiger charge is -2.17. The molecule has 0 saturated heterocycles. The van der Waals surface area contributed by atoms with E-state index in [4.69, 9.17) is 25.5 Å². The fourth-order valence-electron chi connectivity index (χ4n) is 5.70. The van der Waals surface area contributed by atoms with Crippen LogP contribution in [0.1, 0.15) is 206 Å². The van der Waals surface area contributed by atoms with E-state index in [1.165, 1.54) is 154 Å². The first-order chi connectivity index (χ1) is 23.4. The first-order valence-corrected chi connectivity index (χ1v) is 20.4. The van der Waals surface area contributed by atoms with Crippen molar-refractivity contribution in [3.63, 3.8) is 0 Å². The summed E-state index contributed by atoms with van der Waals surface area (Å²) in [6.07, 6.45) is 37.5. The van der Waals surface area contributed by atoms with E-state index in [0.29, 0.717) is 32.5 Å². The molecular weight excluding hydrogens is 606 g/mol. The molecule has 0 spiro atoms. The van der Waals surface area contributed by atoms with Gasteiger partial charge in [0.2, 0.25) is 0 Å². The number of nitrogens with zero attached hydrogens (tertiary/aromatic N) is 1. The second-order valence-corrected chi connectivity index (χ2v) is 13.5. The number of carbonyl (C=O) groups is 2. The van der Waals surface area contributed by atoms with Gasteiger partial charge in [0.15, 0.2) is 0 Å². The molecule has 5 N–H and O–H groups in total. The second-order valence-electron chi connectivity index (χ2n) is 13.5. The van der Waals surface area contributed by atoms with E-state index in [-0.39, 0.29) is 19.8 Å². The Morgan fingerprint density at radius 1 is 0.354 bits per heavy atom. The van der Waals surface area contributed by atoms with Gasteiger partial charge in [0, 0.05) is 32.5 Å². The minimum atomic E-state index is -0.655. The average molecular weight is 690 g/mol. The molecule has 0 aliphatic heterocycles. The van der Waals surface area contributed by atoms with Gasteiger partial charge in [-0.15, -0.1) is 0 Å². The first kappa shape index (κ1) is 51.2. The highest BCUT2D eigenvalue weighted by atomic mass is 16.4. The van der Waals surface area contributed by atoms with Crippen molar-refractivity contribution >= 4 is 11.9 Å². The van der Waals surface area contributed by atoms with Gasteiger partial charge in [-0.05, 0) is 12.8 Å². The zero-order valence-electron chi connectivity index (χ0n) is 32.0. The maximum absolute atomic E-state index is 10.3. The van der Waals surface area contributed by atoms with Crippen molar-refractivity contribution in [1.29, 1.82) is 0 Å². The van der Waals surface area contributed by atoms with Crippen molar-refractivity contribution in [2.75, 3.05) is 39.5 Å². The number of hydrogen-bond donors (Lipinski definition) is 5. The van der Waals surface area contributed by atoms with Gasteiger partial charge in [0.1, 0.15) is 0 Å². The molecular formula is C40H83NO7. The standard InChI is InChI=1S/C18H36O2.C16H32O2.C6H15NO3/c1-2-3-4-5-6-7-8-9-10-11-12-13-14-15-16-17-18(19)20;1-2-3-4-5-6-7-8-9-10-11-12-13-14-15-16(17)18;8-4-1-7(2-5-9)3-6-10/h2-17H2,1H3,(H,19,20);2-15H2,1H3,(H,17,18);8-10H,1-6H2. The number of aliphatic hydroxyl groups excluding tert-OH is 3. The van der Waals surface area contributed by atoms with Gasteiger partial charge in [-0.3, -0.25) is 14.5 Å². The molecule has 0 fully saturated rings. The molecule has 0 aliphatic rings. The number of hydrogen-bond acceptors (Lipinski definition) is 6. The van der Waals surface area contributed by atoms with Crippen molar-refractivity contribution in [1.82, 2.24) is 4.90 Å². The Balaban J connectivity index is -0.000000667. The second kappa shape index (κ2) is 47.9. The monoisotopic (exact) mass is 690 g/mol. The summed E-state index contributed by atoms with van der Waals surface area (Å²) >= 11 is 0. The number of carboxylic acids is 2. The lowest BCUT2D eigenvalue weighted by atomic mass is 10.0. The fourth-order valence-corrected chi connectivity index (χ4v) is 5.70. The summed E-state index contributed by atoms with van der Waals surface area (Å²) in [5.41, 5.74) is 0. The van der Waals surface area contributed by atoms with Crippen molar-refractivity contribution in [2.45, 2.75) is 206 Å². The van der Waals surface area contributed by atoms with Crippen molar-refractivity contribution in [2.24, 2.45) is 0 Å². The predicted molar refractivity (Wildman–Crippen MR) is 203 cm³/mol. The molecule has 8 heteroatoms. The van der Waals surface area contributed by atoms with E-state index in [0.717, 1.165) is 25.7 Å². The summed E-state index contributed by atoms with van der Waals surface area (Å²) in [5, 5.41) is 42.5. The van der Waals surface area contributed by atoms with Gasteiger partial charge in [-0.25, -0.2) is 0 Å². The molecule has 0 heterocycles. The average Bonchev–Trinajstić information content (AvgIpc) is 3.06. The number of unbranched alkanes of at least 4 members (excludes halogenated alkanes) is 26. The summed E-state index contributed by atoms with van der Waals surface area (Å²) in [7, 11) is 0. The molecule has 8 nitrogen and oxygen atoms in total. The SMILES string of the molecule is CCCCCCCCCCCCCCCC(=O)O.CCCCCCCCCCCCCCCCCC(=O)O.OCCN(CCO)CCO. The summed E-state index contributed by atoms with van der Waals surface area (Å²) in [6.45, 7) is 6.28. The smallest absolute Gasteiger partial charge is 0.303 e. The van der Waals surface area contributed by atoms with E-state index < -0.39 is 11.9 Å². The molecule has 0 radical (unpaired) electrons. The van der Waals surface area contributed by atoms with Crippen LogP contribution in [-0.4, -0.2) is 81.8 Å². The maximum atomic E-state index is 10.3. The summed E-state index contributed by atoms with van der Waals surface area (Å²) < 4.78 is 0. The highest BCUT2D eigenvalue weighted by Gasteiger charge is 2.01. The summed E-state index contributed by atoms with van der Waals surface area (Å²) in [4.78, 5) is 22.4. The summed E-state index contributed by atoms with van der Waals surface area (Å²) in [6, 6.07) is 0. The Bertz CT molecular complexity index is 592. The Labute approximate surface area is 297 Å². The zero-order valence-corrected chi connectivity index (χ0v) is 32.0. The van der Waals surface area contributed by atoms with Gasteiger partial charge in [-0.1, -0.05) is 181 Å². The number of aliphatic carboxylic acids is 2. The van der Waals surface area contributed by atoms with E-state index >= 15 is 0 Å². The molecule has 48 heavy (non-hydrogen) atoms. The van der Waals surface area contributed by atoms with E-state index in [1.54, 1.807) is 4.90 Å². The molecule has 0 unspecified atom stereocenters. The van der Waals surface area contributed by atoms with Gasteiger partial charge < -0.3 is 25.5 Å². The fraction of sp³-hybridized carbons (Fsp3) is 0.950. The van der Waals surface area contributed by atoms with Crippen molar-refractivity contribution in [3.05, 3.63) is 0 Å². The van der Waals surface area contributed by atoms with E-state index in [2.05, 4.69) is 13.8 Å². The van der Waals surface area contributed by atoms with Gasteiger partial charge >= 0.3 is 11.9 Å². The minimum absolute atomic E-state index is 0.0694. The van der Waals surface area contributed by atoms with Gasteiger partial charge in [0.05, 0.1) is 19.8 Å². The van der Waals surface area contributed by atoms with Gasteiger partial charge in [-0.2, -0.15) is 0 Å². The lowest BCUT2D eigenvalue weighted by Crippen LogP contribution is -2.32. The molecule has 0 saturated carbocycles. The molecule has 0 aromatic rings. The molecule has 0 aromatic heterocycles. The molecule has 0 amide bonds. The highest BCUT2D eigenvalue weighted by molar-refractivity contribution is 5.66.